The number of benzene rings is 5. The summed E-state index contributed by atoms with van der Waals surface area (Å²) in [6.45, 7) is 0. The maximum atomic E-state index is 5.31. The van der Waals surface area contributed by atoms with Crippen molar-refractivity contribution in [2.75, 3.05) is 0 Å². The largest absolute Gasteiger partial charge is 0.337 e. The number of pyridine rings is 1. The van der Waals surface area contributed by atoms with Crippen molar-refractivity contribution in [3.05, 3.63) is 175 Å². The Morgan fingerprint density at radius 3 is 2.06 bits per heavy atom. The smallest absolute Gasteiger partial charge is 0.138 e. The molecule has 50 heavy (non-hydrogen) atoms. The summed E-state index contributed by atoms with van der Waals surface area (Å²) in [7, 11) is 0. The Bertz CT molecular complexity index is 2610. The van der Waals surface area contributed by atoms with Crippen molar-refractivity contribution < 1.29 is 0 Å². The van der Waals surface area contributed by atoms with Gasteiger partial charge in [0.05, 0.1) is 22.8 Å². The molecule has 3 aromatic heterocycles. The summed E-state index contributed by atoms with van der Waals surface area (Å²) in [5.41, 5.74) is 13.3. The van der Waals surface area contributed by atoms with E-state index in [1.807, 2.05) is 0 Å². The Morgan fingerprint density at radius 1 is 0.540 bits per heavy atom. The molecule has 238 valence electrons. The van der Waals surface area contributed by atoms with Crippen LogP contribution in [0.2, 0.25) is 0 Å². The number of fused-ring (bicyclic) bond motifs is 6. The van der Waals surface area contributed by atoms with E-state index in [0.717, 1.165) is 52.9 Å². The van der Waals surface area contributed by atoms with Gasteiger partial charge < -0.3 is 4.57 Å². The summed E-state index contributed by atoms with van der Waals surface area (Å²) in [5, 5.41) is 3.79. The molecule has 1 unspecified atom stereocenters. The Morgan fingerprint density at radius 2 is 1.26 bits per heavy atom. The number of rotatable bonds is 5. The first-order chi connectivity index (χ1) is 24.8. The molecular weight excluding hydrogens is 607 g/mol. The van der Waals surface area contributed by atoms with Gasteiger partial charge in [-0.25, -0.2) is 4.98 Å². The maximum absolute atomic E-state index is 5.31. The first-order valence-electron chi connectivity index (χ1n) is 17.6. The lowest BCUT2D eigenvalue weighted by Crippen LogP contribution is -2.11. The quantitative estimate of drug-likeness (QED) is 0.183. The summed E-state index contributed by atoms with van der Waals surface area (Å²) in [6.07, 6.45) is 16.9. The van der Waals surface area contributed by atoms with Gasteiger partial charge in [-0.1, -0.05) is 127 Å². The Labute approximate surface area is 291 Å². The van der Waals surface area contributed by atoms with Gasteiger partial charge in [-0.15, -0.1) is 0 Å². The third-order valence-electron chi connectivity index (χ3n) is 10.5. The van der Waals surface area contributed by atoms with Crippen LogP contribution in [0.3, 0.4) is 0 Å². The molecule has 3 heteroatoms. The van der Waals surface area contributed by atoms with Crippen LogP contribution in [0.1, 0.15) is 30.1 Å². The van der Waals surface area contributed by atoms with E-state index >= 15 is 0 Å². The van der Waals surface area contributed by atoms with Crippen molar-refractivity contribution in [3.63, 3.8) is 0 Å². The molecule has 0 radical (unpaired) electrons. The predicted octanol–water partition coefficient (Wildman–Crippen LogP) is 12.2. The molecule has 2 aliphatic carbocycles. The van der Waals surface area contributed by atoms with Gasteiger partial charge in [-0.05, 0) is 84.0 Å². The SMILES string of the molecule is C1=CCC(n2c3c(c4cc(-c5ccc6c(c5)c5ccccc5n6-c5cc(-c6ccccc6)cc(-c6ccccc6)n5)ccc42)C=CCC3)C=C1. The van der Waals surface area contributed by atoms with Crippen molar-refractivity contribution in [3.8, 4) is 39.3 Å². The third kappa shape index (κ3) is 4.69. The van der Waals surface area contributed by atoms with Gasteiger partial charge in [0.15, 0.2) is 0 Å². The van der Waals surface area contributed by atoms with Gasteiger partial charge in [-0.2, -0.15) is 0 Å². The van der Waals surface area contributed by atoms with Gasteiger partial charge in [0, 0.05) is 38.5 Å². The molecule has 2 aliphatic rings. The van der Waals surface area contributed by atoms with Crippen LogP contribution in [-0.2, 0) is 6.42 Å². The number of hydrogen-bond acceptors (Lipinski definition) is 1. The monoisotopic (exact) mass is 641 g/mol. The van der Waals surface area contributed by atoms with E-state index in [2.05, 4.69) is 179 Å². The van der Waals surface area contributed by atoms with Crippen molar-refractivity contribution >= 4 is 38.8 Å². The number of para-hydroxylation sites is 1. The third-order valence-corrected chi connectivity index (χ3v) is 10.5. The van der Waals surface area contributed by atoms with Gasteiger partial charge >= 0.3 is 0 Å². The van der Waals surface area contributed by atoms with Crippen LogP contribution in [0.5, 0.6) is 0 Å². The highest BCUT2D eigenvalue weighted by molar-refractivity contribution is 6.10. The fourth-order valence-electron chi connectivity index (χ4n) is 8.16. The van der Waals surface area contributed by atoms with E-state index in [1.54, 1.807) is 0 Å². The molecule has 0 amide bonds. The molecule has 3 heterocycles. The molecule has 0 N–H and O–H groups in total. The van der Waals surface area contributed by atoms with Crippen LogP contribution >= 0.6 is 0 Å². The molecule has 0 bridgehead atoms. The van der Waals surface area contributed by atoms with Crippen molar-refractivity contribution in [2.24, 2.45) is 0 Å². The summed E-state index contributed by atoms with van der Waals surface area (Å²) in [4.78, 5) is 5.31. The maximum Gasteiger partial charge on any atom is 0.138 e. The van der Waals surface area contributed by atoms with Gasteiger partial charge in [0.25, 0.3) is 0 Å². The number of hydrogen-bond donors (Lipinski definition) is 0. The van der Waals surface area contributed by atoms with Crippen LogP contribution < -0.4 is 0 Å². The highest BCUT2D eigenvalue weighted by atomic mass is 15.1. The average Bonchev–Trinajstić information content (AvgIpc) is 3.71. The fraction of sp³-hybridized carbons (Fsp3) is 0.0851. The second-order valence-corrected chi connectivity index (χ2v) is 13.4. The summed E-state index contributed by atoms with van der Waals surface area (Å²) in [6, 6.07) is 48.7. The average molecular weight is 642 g/mol. The minimum absolute atomic E-state index is 0.363. The van der Waals surface area contributed by atoms with E-state index in [4.69, 9.17) is 4.98 Å². The molecule has 0 aliphatic heterocycles. The van der Waals surface area contributed by atoms with E-state index in [0.29, 0.717) is 6.04 Å². The van der Waals surface area contributed by atoms with E-state index in [1.165, 1.54) is 49.6 Å². The summed E-state index contributed by atoms with van der Waals surface area (Å²) in [5.74, 6) is 0.914. The molecule has 5 aromatic carbocycles. The van der Waals surface area contributed by atoms with Crippen molar-refractivity contribution in [1.29, 1.82) is 0 Å². The lowest BCUT2D eigenvalue weighted by molar-refractivity contribution is 0.599. The number of aromatic nitrogens is 3. The zero-order valence-corrected chi connectivity index (χ0v) is 27.7. The number of allylic oxidation sites excluding steroid dienone is 5. The molecule has 1 atom stereocenters. The first kappa shape index (κ1) is 28.8. The summed E-state index contributed by atoms with van der Waals surface area (Å²) < 4.78 is 4.93. The molecule has 0 spiro atoms. The first-order valence-corrected chi connectivity index (χ1v) is 17.6. The van der Waals surface area contributed by atoms with Crippen molar-refractivity contribution in [1.82, 2.24) is 14.1 Å². The number of nitrogens with zero attached hydrogens (tertiary/aromatic N) is 3. The second kappa shape index (κ2) is 11.7. The topological polar surface area (TPSA) is 22.8 Å². The fourth-order valence-corrected chi connectivity index (χ4v) is 8.16. The van der Waals surface area contributed by atoms with Crippen LogP contribution in [-0.4, -0.2) is 14.1 Å². The highest BCUT2D eigenvalue weighted by Crippen LogP contribution is 2.40. The minimum atomic E-state index is 0.363. The van der Waals surface area contributed by atoms with Crippen LogP contribution in [0.15, 0.2) is 164 Å². The molecule has 0 saturated heterocycles. The highest BCUT2D eigenvalue weighted by Gasteiger charge is 2.23. The zero-order chi connectivity index (χ0) is 33.0. The van der Waals surface area contributed by atoms with Crippen molar-refractivity contribution in [2.45, 2.75) is 25.3 Å². The second-order valence-electron chi connectivity index (χ2n) is 13.4. The van der Waals surface area contributed by atoms with E-state index in [9.17, 15) is 0 Å². The van der Waals surface area contributed by atoms with Gasteiger partial charge in [0.1, 0.15) is 5.82 Å². The van der Waals surface area contributed by atoms with E-state index < -0.39 is 0 Å². The molecule has 3 nitrogen and oxygen atoms in total. The van der Waals surface area contributed by atoms with Gasteiger partial charge in [-0.3, -0.25) is 4.57 Å². The summed E-state index contributed by atoms with van der Waals surface area (Å²) >= 11 is 0. The normalized spacial score (nSPS) is 15.3. The molecular formula is C47H35N3. The predicted molar refractivity (Wildman–Crippen MR) is 210 cm³/mol. The standard InChI is InChI=1S/C47H35N3/c1-4-14-32(15-5-1)36-30-42(33-16-6-2-7-17-33)48-47(31-36)50-44-23-13-11-21-39(44)41-29-35(25-27-46(41)50)34-24-26-45-40(28-34)38-20-10-12-22-43(38)49(45)37-18-8-3-9-19-37/h1-11,13-18,20-21,23-31,37H,12,19,22H2. The Kier molecular flexibility index (Phi) is 6.76. The molecule has 8 aromatic rings. The van der Waals surface area contributed by atoms with Crippen LogP contribution in [0.25, 0.3) is 78.1 Å². The van der Waals surface area contributed by atoms with Crippen LogP contribution in [0.4, 0.5) is 0 Å². The van der Waals surface area contributed by atoms with Gasteiger partial charge in [0.2, 0.25) is 0 Å². The molecule has 10 rings (SSSR count). The molecule has 0 saturated carbocycles. The van der Waals surface area contributed by atoms with E-state index in [-0.39, 0.29) is 0 Å². The van der Waals surface area contributed by atoms with Crippen LogP contribution in [0, 0.1) is 0 Å². The lowest BCUT2D eigenvalue weighted by atomic mass is 9.98. The Hall–Kier alpha value is -6.19. The lowest BCUT2D eigenvalue weighted by Gasteiger charge is -2.21. The Balaban J connectivity index is 1.15. The minimum Gasteiger partial charge on any atom is -0.337 e. The molecule has 0 fully saturated rings. The zero-order valence-electron chi connectivity index (χ0n) is 27.7.